The molecule has 2 aliphatic rings. The van der Waals surface area contributed by atoms with Gasteiger partial charge in [0.2, 0.25) is 0 Å². The molecule has 2 N–H and O–H groups in total. The molecule has 1 amide bonds. The van der Waals surface area contributed by atoms with Crippen LogP contribution in [0.1, 0.15) is 35.2 Å². The van der Waals surface area contributed by atoms with E-state index in [1.165, 1.54) is 6.42 Å². The summed E-state index contributed by atoms with van der Waals surface area (Å²) in [7, 11) is 0. The molecule has 3 rings (SSSR count). The smallest absolute Gasteiger partial charge is 0.255 e. The first-order valence-electron chi connectivity index (χ1n) is 7.35. The number of hydrogen-bond donors (Lipinski definition) is 1. The second-order valence-electron chi connectivity index (χ2n) is 6.29. The molecule has 4 heteroatoms. The molecule has 3 atom stereocenters. The molecular weight excluding hydrogens is 316 g/mol. The maximum absolute atomic E-state index is 12.7. The second kappa shape index (κ2) is 5.49. The third-order valence-corrected chi connectivity index (χ3v) is 5.39. The molecule has 1 unspecified atom stereocenters. The molecule has 1 aromatic carbocycles. The first kappa shape index (κ1) is 14.1. The van der Waals surface area contributed by atoms with Crippen molar-refractivity contribution < 1.29 is 4.79 Å². The number of amides is 1. The van der Waals surface area contributed by atoms with Crippen LogP contribution in [0, 0.1) is 18.8 Å². The van der Waals surface area contributed by atoms with Crippen molar-refractivity contribution in [3.05, 3.63) is 33.8 Å². The second-order valence-corrected chi connectivity index (χ2v) is 7.14. The topological polar surface area (TPSA) is 46.3 Å². The highest BCUT2D eigenvalue weighted by Gasteiger charge is 2.38. The predicted molar refractivity (Wildman–Crippen MR) is 83.6 cm³/mol. The van der Waals surface area contributed by atoms with Crippen LogP contribution in [0.5, 0.6) is 0 Å². The zero-order valence-corrected chi connectivity index (χ0v) is 13.4. The van der Waals surface area contributed by atoms with E-state index in [1.54, 1.807) is 0 Å². The van der Waals surface area contributed by atoms with E-state index in [-0.39, 0.29) is 5.91 Å². The number of nitrogens with zero attached hydrogens (tertiary/aromatic N) is 1. The minimum atomic E-state index is 0.153. The maximum atomic E-state index is 12.7. The van der Waals surface area contributed by atoms with Crippen LogP contribution in [-0.2, 0) is 0 Å². The third kappa shape index (κ3) is 2.63. The largest absolute Gasteiger partial charge is 0.338 e. The van der Waals surface area contributed by atoms with E-state index < -0.39 is 0 Å². The van der Waals surface area contributed by atoms with Crippen molar-refractivity contribution in [2.45, 2.75) is 32.2 Å². The van der Waals surface area contributed by atoms with Gasteiger partial charge in [0.1, 0.15) is 0 Å². The van der Waals surface area contributed by atoms with Gasteiger partial charge in [0.15, 0.2) is 0 Å². The van der Waals surface area contributed by atoms with Crippen LogP contribution >= 0.6 is 15.9 Å². The lowest BCUT2D eigenvalue weighted by Gasteiger charge is -2.27. The quantitative estimate of drug-likeness (QED) is 0.856. The number of aryl methyl sites for hydroxylation is 1. The van der Waals surface area contributed by atoms with Crippen LogP contribution in [0.3, 0.4) is 0 Å². The van der Waals surface area contributed by atoms with E-state index in [1.807, 2.05) is 30.0 Å². The fourth-order valence-electron chi connectivity index (χ4n) is 3.60. The molecule has 2 fully saturated rings. The lowest BCUT2D eigenvalue weighted by molar-refractivity contribution is 0.0783. The minimum Gasteiger partial charge on any atom is -0.338 e. The average Bonchev–Trinajstić information content (AvgIpc) is 2.81. The van der Waals surface area contributed by atoms with Gasteiger partial charge in [-0.2, -0.15) is 0 Å². The Morgan fingerprint density at radius 1 is 1.30 bits per heavy atom. The molecule has 0 radical (unpaired) electrons. The summed E-state index contributed by atoms with van der Waals surface area (Å²) < 4.78 is 0.897. The fraction of sp³-hybridized carbons (Fsp3) is 0.562. The van der Waals surface area contributed by atoms with E-state index in [2.05, 4.69) is 15.9 Å². The Balaban J connectivity index is 1.75. The molecule has 1 saturated heterocycles. The first-order valence-corrected chi connectivity index (χ1v) is 8.15. The standard InChI is InChI=1S/C16H21BrN2O/c1-10-2-5-14(15(17)6-10)16(20)19-8-11-3-4-13(18)7-12(11)9-19/h2,5-6,11-13H,3-4,7-9,18H2,1H3/t11-,12+,13?/m1/s1. The highest BCUT2D eigenvalue weighted by Crippen LogP contribution is 2.36. The molecule has 1 aliphatic heterocycles. The number of rotatable bonds is 1. The normalized spacial score (nSPS) is 29.4. The Kier molecular flexibility index (Phi) is 3.87. The number of fused-ring (bicyclic) bond motifs is 1. The third-order valence-electron chi connectivity index (χ3n) is 4.73. The van der Waals surface area contributed by atoms with Gasteiger partial charge >= 0.3 is 0 Å². The lowest BCUT2D eigenvalue weighted by Crippen LogP contribution is -2.32. The molecule has 3 nitrogen and oxygen atoms in total. The summed E-state index contributed by atoms with van der Waals surface area (Å²) in [5, 5.41) is 0. The lowest BCUT2D eigenvalue weighted by atomic mass is 9.79. The molecule has 0 spiro atoms. The van der Waals surface area contributed by atoms with Gasteiger partial charge in [-0.25, -0.2) is 0 Å². The number of hydrogen-bond acceptors (Lipinski definition) is 2. The van der Waals surface area contributed by atoms with E-state index in [4.69, 9.17) is 5.73 Å². The van der Waals surface area contributed by atoms with Crippen LogP contribution in [0.2, 0.25) is 0 Å². The van der Waals surface area contributed by atoms with Crippen LogP contribution in [-0.4, -0.2) is 29.9 Å². The Labute approximate surface area is 128 Å². The van der Waals surface area contributed by atoms with Crippen molar-refractivity contribution in [2.75, 3.05) is 13.1 Å². The van der Waals surface area contributed by atoms with Crippen molar-refractivity contribution in [1.29, 1.82) is 0 Å². The number of likely N-dealkylation sites (tertiary alicyclic amines) is 1. The monoisotopic (exact) mass is 336 g/mol. The van der Waals surface area contributed by atoms with Crippen LogP contribution < -0.4 is 5.73 Å². The van der Waals surface area contributed by atoms with Crippen LogP contribution in [0.15, 0.2) is 22.7 Å². The highest BCUT2D eigenvalue weighted by molar-refractivity contribution is 9.10. The molecule has 1 saturated carbocycles. The van der Waals surface area contributed by atoms with E-state index in [0.29, 0.717) is 17.9 Å². The van der Waals surface area contributed by atoms with E-state index in [0.717, 1.165) is 41.5 Å². The maximum Gasteiger partial charge on any atom is 0.255 e. The SMILES string of the molecule is Cc1ccc(C(=O)N2C[C@H]3CCC(N)C[C@H]3C2)c(Br)c1. The van der Waals surface area contributed by atoms with Gasteiger partial charge in [-0.1, -0.05) is 6.07 Å². The Morgan fingerprint density at radius 3 is 2.80 bits per heavy atom. The summed E-state index contributed by atoms with van der Waals surface area (Å²) >= 11 is 3.51. The first-order chi connectivity index (χ1) is 9.54. The molecule has 1 aromatic rings. The summed E-state index contributed by atoms with van der Waals surface area (Å²) in [5.41, 5.74) is 7.99. The zero-order chi connectivity index (χ0) is 14.3. The number of carbonyl (C=O) groups excluding carboxylic acids is 1. The summed E-state index contributed by atoms with van der Waals surface area (Å²) in [4.78, 5) is 14.7. The van der Waals surface area contributed by atoms with Crippen LogP contribution in [0.4, 0.5) is 0 Å². The molecule has 1 aliphatic carbocycles. The Bertz CT molecular complexity index is 531. The molecular formula is C16H21BrN2O. The summed E-state index contributed by atoms with van der Waals surface area (Å²) in [6.07, 6.45) is 3.35. The van der Waals surface area contributed by atoms with Gasteiger partial charge in [-0.05, 0) is 71.6 Å². The molecule has 20 heavy (non-hydrogen) atoms. The molecule has 0 aromatic heterocycles. The van der Waals surface area contributed by atoms with Gasteiger partial charge in [-0.15, -0.1) is 0 Å². The minimum absolute atomic E-state index is 0.153. The highest BCUT2D eigenvalue weighted by atomic mass is 79.9. The van der Waals surface area contributed by atoms with Crippen LogP contribution in [0.25, 0.3) is 0 Å². The van der Waals surface area contributed by atoms with Gasteiger partial charge < -0.3 is 10.6 Å². The van der Waals surface area contributed by atoms with Crippen molar-refractivity contribution in [1.82, 2.24) is 4.90 Å². The average molecular weight is 337 g/mol. The van der Waals surface area contributed by atoms with E-state index in [9.17, 15) is 4.79 Å². The summed E-state index contributed by atoms with van der Waals surface area (Å²) in [5.74, 6) is 1.41. The van der Waals surface area contributed by atoms with Gasteiger partial charge in [0.25, 0.3) is 5.91 Å². The number of halogens is 1. The molecule has 108 valence electrons. The van der Waals surface area contributed by atoms with E-state index >= 15 is 0 Å². The van der Waals surface area contributed by atoms with Gasteiger partial charge in [0.05, 0.1) is 5.56 Å². The Hall–Kier alpha value is -0.870. The zero-order valence-electron chi connectivity index (χ0n) is 11.8. The Morgan fingerprint density at radius 2 is 2.05 bits per heavy atom. The summed E-state index contributed by atoms with van der Waals surface area (Å²) in [6, 6.07) is 6.26. The summed E-state index contributed by atoms with van der Waals surface area (Å²) in [6.45, 7) is 3.80. The number of nitrogens with two attached hydrogens (primary N) is 1. The van der Waals surface area contributed by atoms with Crippen molar-refractivity contribution in [3.8, 4) is 0 Å². The van der Waals surface area contributed by atoms with Gasteiger partial charge in [-0.3, -0.25) is 4.79 Å². The van der Waals surface area contributed by atoms with Gasteiger partial charge in [0, 0.05) is 23.6 Å². The fourth-order valence-corrected chi connectivity index (χ4v) is 4.26. The molecule has 0 bridgehead atoms. The van der Waals surface area contributed by atoms with Crippen molar-refractivity contribution in [2.24, 2.45) is 17.6 Å². The van der Waals surface area contributed by atoms with Crippen molar-refractivity contribution in [3.63, 3.8) is 0 Å². The number of benzene rings is 1. The molecule has 1 heterocycles. The number of carbonyl (C=O) groups is 1. The van der Waals surface area contributed by atoms with Crippen molar-refractivity contribution >= 4 is 21.8 Å². The predicted octanol–water partition coefficient (Wildman–Crippen LogP) is 2.96.